The second-order valence-electron chi connectivity index (χ2n) is 10.0. The topological polar surface area (TPSA) is 80.0 Å². The van der Waals surface area contributed by atoms with Crippen LogP contribution in [0.25, 0.3) is 16.7 Å². The van der Waals surface area contributed by atoms with Crippen molar-refractivity contribution >= 4 is 16.7 Å². The molecular weight excluding hydrogens is 388 g/mol. The monoisotopic (exact) mass is 414 g/mol. The van der Waals surface area contributed by atoms with Crippen LogP contribution in [0.4, 0.5) is 5.82 Å². The molecule has 3 aromatic rings. The Balaban J connectivity index is 1.37. The number of hydrogen-bond acceptors (Lipinski definition) is 6. The number of terminal acetylenes is 1. The Bertz CT molecular complexity index is 1220. The van der Waals surface area contributed by atoms with Gasteiger partial charge in [0.05, 0.1) is 28.4 Å². The van der Waals surface area contributed by atoms with Crippen molar-refractivity contribution in [3.05, 3.63) is 36.5 Å². The predicted octanol–water partition coefficient (Wildman–Crippen LogP) is 3.01. The van der Waals surface area contributed by atoms with Gasteiger partial charge in [-0.25, -0.2) is 14.6 Å². The SMILES string of the molecule is C#CC1(c2cc3c(cn2)cnn3-c2cc(N3CC4(C(C)(C)O)CC3C4)ncn2)CCC1. The number of fused-ring (bicyclic) bond motifs is 2. The third kappa shape index (κ3) is 2.51. The highest BCUT2D eigenvalue weighted by molar-refractivity contribution is 5.80. The van der Waals surface area contributed by atoms with E-state index in [2.05, 4.69) is 36.9 Å². The second kappa shape index (κ2) is 6.04. The van der Waals surface area contributed by atoms with E-state index in [1.165, 1.54) is 0 Å². The Morgan fingerprint density at radius 1 is 1.13 bits per heavy atom. The standard InChI is InChI=1S/C24H26N6O/c1-4-23(6-5-7-23)19-8-18-16(12-25-19)13-28-30(18)21-9-20(26-15-27-21)29-14-24(22(2,3)31)10-17(29)11-24/h1,8-9,12-13,15,17,31H,5-7,10-11,14H2,2-3H3. The van der Waals surface area contributed by atoms with Crippen LogP contribution in [0.5, 0.6) is 0 Å². The fourth-order valence-electron chi connectivity index (χ4n) is 5.59. The van der Waals surface area contributed by atoms with Gasteiger partial charge in [0, 0.05) is 35.7 Å². The largest absolute Gasteiger partial charge is 0.390 e. The van der Waals surface area contributed by atoms with Crippen LogP contribution in [0.15, 0.2) is 30.9 Å². The normalized spacial score (nSPS) is 26.4. The van der Waals surface area contributed by atoms with Crippen molar-refractivity contribution in [2.75, 3.05) is 11.4 Å². The summed E-state index contributed by atoms with van der Waals surface area (Å²) in [5, 5.41) is 16.2. The summed E-state index contributed by atoms with van der Waals surface area (Å²) in [6, 6.07) is 4.48. The molecule has 2 aliphatic carbocycles. The molecule has 7 nitrogen and oxygen atoms in total. The maximum atomic E-state index is 10.6. The highest BCUT2D eigenvalue weighted by atomic mass is 16.3. The van der Waals surface area contributed by atoms with Gasteiger partial charge in [0.25, 0.3) is 0 Å². The molecule has 0 amide bonds. The molecule has 158 valence electrons. The van der Waals surface area contributed by atoms with E-state index >= 15 is 0 Å². The Morgan fingerprint density at radius 2 is 1.90 bits per heavy atom. The summed E-state index contributed by atoms with van der Waals surface area (Å²) in [6.07, 6.45) is 16.2. The van der Waals surface area contributed by atoms with Crippen LogP contribution in [0, 0.1) is 17.8 Å². The highest BCUT2D eigenvalue weighted by Crippen LogP contribution is 2.58. The molecule has 2 saturated carbocycles. The van der Waals surface area contributed by atoms with Crippen LogP contribution < -0.4 is 4.90 Å². The number of aliphatic hydroxyl groups is 1. The number of pyridine rings is 1. The van der Waals surface area contributed by atoms with Crippen molar-refractivity contribution in [2.45, 2.75) is 63.0 Å². The molecule has 2 bridgehead atoms. The van der Waals surface area contributed by atoms with E-state index in [0.717, 1.165) is 66.9 Å². The zero-order valence-electron chi connectivity index (χ0n) is 17.9. The summed E-state index contributed by atoms with van der Waals surface area (Å²) in [6.45, 7) is 4.66. The molecule has 2 aliphatic heterocycles. The molecule has 1 N–H and O–H groups in total. The fraction of sp³-hybridized carbons (Fsp3) is 0.500. The van der Waals surface area contributed by atoms with E-state index in [0.29, 0.717) is 6.04 Å². The molecule has 4 aliphatic rings. The number of rotatable bonds is 4. The molecule has 0 radical (unpaired) electrons. The molecule has 7 heteroatoms. The average Bonchev–Trinajstić information content (AvgIpc) is 3.38. The van der Waals surface area contributed by atoms with Crippen molar-refractivity contribution in [2.24, 2.45) is 5.41 Å². The molecule has 0 spiro atoms. The highest BCUT2D eigenvalue weighted by Gasteiger charge is 2.62. The molecule has 3 aromatic heterocycles. The summed E-state index contributed by atoms with van der Waals surface area (Å²) in [4.78, 5) is 16.0. The van der Waals surface area contributed by atoms with Gasteiger partial charge in [-0.2, -0.15) is 5.10 Å². The lowest BCUT2D eigenvalue weighted by Gasteiger charge is -2.45. The lowest BCUT2D eigenvalue weighted by atomic mass is 9.61. The van der Waals surface area contributed by atoms with Crippen molar-refractivity contribution in [3.8, 4) is 18.2 Å². The van der Waals surface area contributed by atoms with Gasteiger partial charge < -0.3 is 10.0 Å². The van der Waals surface area contributed by atoms with Gasteiger partial charge in [-0.1, -0.05) is 5.92 Å². The molecule has 2 saturated heterocycles. The molecule has 0 unspecified atom stereocenters. The fourth-order valence-corrected chi connectivity index (χ4v) is 5.59. The van der Waals surface area contributed by atoms with Crippen molar-refractivity contribution in [1.82, 2.24) is 24.7 Å². The molecular formula is C24H26N6O. The molecule has 4 fully saturated rings. The van der Waals surface area contributed by atoms with Gasteiger partial charge in [-0.05, 0) is 52.0 Å². The van der Waals surface area contributed by atoms with E-state index < -0.39 is 5.60 Å². The zero-order chi connectivity index (χ0) is 21.4. The first-order valence-corrected chi connectivity index (χ1v) is 11.0. The maximum Gasteiger partial charge on any atom is 0.159 e. The lowest BCUT2D eigenvalue weighted by Crippen LogP contribution is -2.50. The van der Waals surface area contributed by atoms with Gasteiger partial charge in [0.1, 0.15) is 12.1 Å². The van der Waals surface area contributed by atoms with Gasteiger partial charge in [-0.15, -0.1) is 6.42 Å². The van der Waals surface area contributed by atoms with Crippen molar-refractivity contribution < 1.29 is 5.11 Å². The predicted molar refractivity (Wildman–Crippen MR) is 118 cm³/mol. The zero-order valence-corrected chi connectivity index (χ0v) is 17.9. The molecule has 7 rings (SSSR count). The lowest BCUT2D eigenvalue weighted by molar-refractivity contribution is -0.0754. The first-order valence-electron chi connectivity index (χ1n) is 11.0. The minimum absolute atomic E-state index is 0.0476. The van der Waals surface area contributed by atoms with E-state index in [9.17, 15) is 5.11 Å². The van der Waals surface area contributed by atoms with Crippen molar-refractivity contribution in [1.29, 1.82) is 0 Å². The molecule has 5 heterocycles. The van der Waals surface area contributed by atoms with E-state index in [1.807, 2.05) is 37.0 Å². The Morgan fingerprint density at radius 3 is 2.55 bits per heavy atom. The minimum atomic E-state index is -0.690. The smallest absolute Gasteiger partial charge is 0.159 e. The van der Waals surface area contributed by atoms with Crippen LogP contribution in [0.3, 0.4) is 0 Å². The van der Waals surface area contributed by atoms with Crippen LogP contribution in [0.1, 0.15) is 51.6 Å². The van der Waals surface area contributed by atoms with Gasteiger partial charge in [-0.3, -0.25) is 4.98 Å². The van der Waals surface area contributed by atoms with Gasteiger partial charge >= 0.3 is 0 Å². The van der Waals surface area contributed by atoms with E-state index in [-0.39, 0.29) is 10.8 Å². The van der Waals surface area contributed by atoms with Crippen LogP contribution in [-0.2, 0) is 5.41 Å². The maximum absolute atomic E-state index is 10.6. The molecule has 31 heavy (non-hydrogen) atoms. The number of hydrogen-bond donors (Lipinski definition) is 1. The summed E-state index contributed by atoms with van der Waals surface area (Å²) in [5.41, 5.74) is 0.910. The number of aromatic nitrogens is 5. The summed E-state index contributed by atoms with van der Waals surface area (Å²) in [5.74, 6) is 4.58. The Labute approximate surface area is 181 Å². The minimum Gasteiger partial charge on any atom is -0.390 e. The van der Waals surface area contributed by atoms with Gasteiger partial charge in [0.15, 0.2) is 5.82 Å². The van der Waals surface area contributed by atoms with Crippen LogP contribution in [0.2, 0.25) is 0 Å². The number of nitrogens with zero attached hydrogens (tertiary/aromatic N) is 6. The first kappa shape index (κ1) is 18.8. The van der Waals surface area contributed by atoms with Crippen molar-refractivity contribution in [3.63, 3.8) is 0 Å². The van der Waals surface area contributed by atoms with Crippen LogP contribution >= 0.6 is 0 Å². The van der Waals surface area contributed by atoms with Crippen LogP contribution in [-0.4, -0.2) is 48.0 Å². The quantitative estimate of drug-likeness (QED) is 0.661. The molecule has 0 aromatic carbocycles. The Hall–Kier alpha value is -2.98. The van der Waals surface area contributed by atoms with Gasteiger partial charge in [0.2, 0.25) is 0 Å². The first-order chi connectivity index (χ1) is 14.8. The summed E-state index contributed by atoms with van der Waals surface area (Å²) >= 11 is 0. The summed E-state index contributed by atoms with van der Waals surface area (Å²) in [7, 11) is 0. The third-order valence-electron chi connectivity index (χ3n) is 8.04. The average molecular weight is 415 g/mol. The molecule has 0 atom stereocenters. The third-order valence-corrected chi connectivity index (χ3v) is 8.04. The Kier molecular flexibility index (Phi) is 3.66. The summed E-state index contributed by atoms with van der Waals surface area (Å²) < 4.78 is 1.85. The number of anilines is 1. The van der Waals surface area contributed by atoms with E-state index in [1.54, 1.807) is 6.33 Å². The second-order valence-corrected chi connectivity index (χ2v) is 10.0. The van der Waals surface area contributed by atoms with E-state index in [4.69, 9.17) is 6.42 Å².